The number of nitrogens with one attached hydrogen (secondary N) is 2. The lowest BCUT2D eigenvalue weighted by Gasteiger charge is -2.09. The summed E-state index contributed by atoms with van der Waals surface area (Å²) in [6.45, 7) is 2.00. The molecular formula is C29H23BrN2O3S. The Hall–Kier alpha value is -3.68. The van der Waals surface area contributed by atoms with E-state index in [1.54, 1.807) is 24.3 Å². The first kappa shape index (κ1) is 24.0. The number of carbonyl (C=O) groups is 1. The molecule has 2 N–H and O–H groups in total. The molecule has 0 fully saturated rings. The first-order valence-electron chi connectivity index (χ1n) is 11.4. The average Bonchev–Trinajstić information content (AvgIpc) is 3.19. The third-order valence-corrected chi connectivity index (χ3v) is 8.07. The minimum atomic E-state index is -3.95. The Morgan fingerprint density at radius 1 is 0.944 bits per heavy atom. The predicted molar refractivity (Wildman–Crippen MR) is 149 cm³/mol. The molecule has 1 amide bonds. The fourth-order valence-electron chi connectivity index (χ4n) is 4.31. The van der Waals surface area contributed by atoms with Crippen molar-refractivity contribution in [2.24, 2.45) is 0 Å². The zero-order valence-corrected chi connectivity index (χ0v) is 21.9. The van der Waals surface area contributed by atoms with E-state index < -0.39 is 15.9 Å². The number of sulfonamides is 1. The van der Waals surface area contributed by atoms with Gasteiger partial charge >= 0.3 is 0 Å². The van der Waals surface area contributed by atoms with E-state index in [2.05, 4.69) is 49.9 Å². The standard InChI is InChI=1S/C29H23BrN2O3S/c1-19-25(17-22-12-11-21-9-5-6-10-24(21)28(22)30)26-18-23(13-14-27(26)31-19)29(33)32-36(34,35)16-15-20-7-3-2-4-8-20/h2-16,18,31H,17H2,1H3,(H,32,33)/b16-15+. The minimum Gasteiger partial charge on any atom is -0.358 e. The molecule has 180 valence electrons. The van der Waals surface area contributed by atoms with E-state index in [9.17, 15) is 13.2 Å². The van der Waals surface area contributed by atoms with Gasteiger partial charge in [0.1, 0.15) is 0 Å². The molecule has 0 bridgehead atoms. The Morgan fingerprint density at radius 2 is 1.69 bits per heavy atom. The van der Waals surface area contributed by atoms with E-state index in [0.29, 0.717) is 6.42 Å². The number of H-pyrrole nitrogens is 1. The van der Waals surface area contributed by atoms with E-state index in [1.807, 2.05) is 43.3 Å². The highest BCUT2D eigenvalue weighted by Gasteiger charge is 2.17. The monoisotopic (exact) mass is 558 g/mol. The Balaban J connectivity index is 1.43. The van der Waals surface area contributed by atoms with Gasteiger partial charge in [0.25, 0.3) is 15.9 Å². The maximum Gasteiger partial charge on any atom is 0.265 e. The summed E-state index contributed by atoms with van der Waals surface area (Å²) in [7, 11) is -3.95. The predicted octanol–water partition coefficient (Wildman–Crippen LogP) is 6.71. The Labute approximate surface area is 218 Å². The van der Waals surface area contributed by atoms with E-state index in [-0.39, 0.29) is 5.56 Å². The summed E-state index contributed by atoms with van der Waals surface area (Å²) >= 11 is 3.77. The van der Waals surface area contributed by atoms with Gasteiger partial charge in [-0.25, -0.2) is 13.1 Å². The summed E-state index contributed by atoms with van der Waals surface area (Å²) in [5, 5.41) is 4.19. The molecule has 0 aliphatic heterocycles. The number of aromatic nitrogens is 1. The van der Waals surface area contributed by atoms with Crippen molar-refractivity contribution in [1.29, 1.82) is 0 Å². The van der Waals surface area contributed by atoms with Crippen LogP contribution in [0.2, 0.25) is 0 Å². The molecule has 4 aromatic carbocycles. The maximum atomic E-state index is 12.9. The van der Waals surface area contributed by atoms with Crippen LogP contribution in [0.1, 0.15) is 32.7 Å². The van der Waals surface area contributed by atoms with Crippen molar-refractivity contribution in [2.45, 2.75) is 13.3 Å². The molecule has 1 heterocycles. The van der Waals surface area contributed by atoms with Gasteiger partial charge in [-0.2, -0.15) is 0 Å². The zero-order chi connectivity index (χ0) is 25.3. The highest BCUT2D eigenvalue weighted by Crippen LogP contribution is 2.32. The summed E-state index contributed by atoms with van der Waals surface area (Å²) in [6, 6.07) is 26.6. The van der Waals surface area contributed by atoms with Crippen LogP contribution in [0.5, 0.6) is 0 Å². The van der Waals surface area contributed by atoms with Crippen LogP contribution in [0, 0.1) is 6.92 Å². The first-order valence-corrected chi connectivity index (χ1v) is 13.7. The third kappa shape index (κ3) is 4.98. The van der Waals surface area contributed by atoms with Gasteiger partial charge in [-0.1, -0.05) is 66.7 Å². The van der Waals surface area contributed by atoms with Crippen LogP contribution in [-0.2, 0) is 16.4 Å². The van der Waals surface area contributed by atoms with Crippen molar-refractivity contribution in [3.63, 3.8) is 0 Å². The van der Waals surface area contributed by atoms with Gasteiger partial charge < -0.3 is 4.98 Å². The summed E-state index contributed by atoms with van der Waals surface area (Å²) in [5.41, 5.74) is 5.08. The largest absolute Gasteiger partial charge is 0.358 e. The van der Waals surface area contributed by atoms with Crippen LogP contribution in [0.25, 0.3) is 27.8 Å². The fourth-order valence-corrected chi connectivity index (χ4v) is 5.73. The Morgan fingerprint density at radius 3 is 2.50 bits per heavy atom. The number of benzene rings is 4. The van der Waals surface area contributed by atoms with E-state index in [1.165, 1.54) is 6.08 Å². The van der Waals surface area contributed by atoms with E-state index in [0.717, 1.165) is 53.9 Å². The van der Waals surface area contributed by atoms with Crippen molar-refractivity contribution in [3.05, 3.63) is 123 Å². The zero-order valence-electron chi connectivity index (χ0n) is 19.5. The number of carbonyl (C=O) groups excluding carboxylic acids is 1. The lowest BCUT2D eigenvalue weighted by molar-refractivity contribution is 0.0982. The van der Waals surface area contributed by atoms with Crippen molar-refractivity contribution in [3.8, 4) is 0 Å². The van der Waals surface area contributed by atoms with Gasteiger partial charge in [0, 0.05) is 33.1 Å². The third-order valence-electron chi connectivity index (χ3n) is 6.17. The lowest BCUT2D eigenvalue weighted by atomic mass is 9.98. The summed E-state index contributed by atoms with van der Waals surface area (Å²) in [5.74, 6) is -0.675. The number of hydrogen-bond donors (Lipinski definition) is 2. The van der Waals surface area contributed by atoms with Crippen molar-refractivity contribution >= 4 is 59.6 Å². The molecule has 7 heteroatoms. The second-order valence-electron chi connectivity index (χ2n) is 8.62. The Kier molecular flexibility index (Phi) is 6.51. The van der Waals surface area contributed by atoms with Gasteiger partial charge in [-0.15, -0.1) is 0 Å². The Bertz CT molecular complexity index is 1740. The summed E-state index contributed by atoms with van der Waals surface area (Å²) in [4.78, 5) is 16.2. The van der Waals surface area contributed by atoms with Gasteiger partial charge in [-0.05, 0) is 74.6 Å². The second-order valence-corrected chi connectivity index (χ2v) is 11.0. The second kappa shape index (κ2) is 9.76. The molecule has 0 saturated heterocycles. The lowest BCUT2D eigenvalue weighted by Crippen LogP contribution is -2.28. The van der Waals surface area contributed by atoms with Crippen molar-refractivity contribution in [2.75, 3.05) is 0 Å². The minimum absolute atomic E-state index is 0.275. The van der Waals surface area contributed by atoms with Crippen LogP contribution in [0.3, 0.4) is 0 Å². The molecule has 1 aromatic heterocycles. The van der Waals surface area contributed by atoms with E-state index >= 15 is 0 Å². The first-order chi connectivity index (χ1) is 17.3. The molecule has 5 nitrogen and oxygen atoms in total. The number of aryl methyl sites for hydroxylation is 1. The van der Waals surface area contributed by atoms with Crippen LogP contribution < -0.4 is 4.72 Å². The SMILES string of the molecule is Cc1[nH]c2ccc(C(=O)NS(=O)(=O)/C=C/c3ccccc3)cc2c1Cc1ccc2ccccc2c1Br. The fraction of sp³-hybridized carbons (Fsp3) is 0.0690. The number of amides is 1. The van der Waals surface area contributed by atoms with Gasteiger partial charge in [-0.3, -0.25) is 4.79 Å². The van der Waals surface area contributed by atoms with Crippen LogP contribution in [-0.4, -0.2) is 19.3 Å². The van der Waals surface area contributed by atoms with Gasteiger partial charge in [0.05, 0.1) is 5.41 Å². The van der Waals surface area contributed by atoms with Crippen LogP contribution in [0.4, 0.5) is 0 Å². The van der Waals surface area contributed by atoms with E-state index in [4.69, 9.17) is 0 Å². The van der Waals surface area contributed by atoms with Crippen LogP contribution in [0.15, 0.2) is 94.8 Å². The van der Waals surface area contributed by atoms with Crippen LogP contribution >= 0.6 is 15.9 Å². The van der Waals surface area contributed by atoms with Gasteiger partial charge in [0.2, 0.25) is 0 Å². The molecule has 0 radical (unpaired) electrons. The van der Waals surface area contributed by atoms with Crippen molar-refractivity contribution < 1.29 is 13.2 Å². The average molecular weight is 559 g/mol. The topological polar surface area (TPSA) is 79.0 Å². The molecule has 0 saturated carbocycles. The quantitative estimate of drug-likeness (QED) is 0.243. The molecular weight excluding hydrogens is 536 g/mol. The normalized spacial score (nSPS) is 11.9. The number of hydrogen-bond acceptors (Lipinski definition) is 3. The molecule has 0 aliphatic rings. The molecule has 0 unspecified atom stereocenters. The molecule has 5 rings (SSSR count). The molecule has 0 atom stereocenters. The number of halogens is 1. The molecule has 0 aliphatic carbocycles. The van der Waals surface area contributed by atoms with Crippen molar-refractivity contribution in [1.82, 2.24) is 9.71 Å². The maximum absolute atomic E-state index is 12.9. The smallest absolute Gasteiger partial charge is 0.265 e. The number of aromatic amines is 1. The molecule has 5 aromatic rings. The molecule has 36 heavy (non-hydrogen) atoms. The number of rotatable bonds is 6. The number of fused-ring (bicyclic) bond motifs is 2. The van der Waals surface area contributed by atoms with Gasteiger partial charge in [0.15, 0.2) is 0 Å². The highest BCUT2D eigenvalue weighted by atomic mass is 79.9. The highest BCUT2D eigenvalue weighted by molar-refractivity contribution is 9.10. The summed E-state index contributed by atoms with van der Waals surface area (Å²) in [6.07, 6.45) is 2.11. The molecule has 0 spiro atoms. The summed E-state index contributed by atoms with van der Waals surface area (Å²) < 4.78 is 28.1.